The van der Waals surface area contributed by atoms with Crippen LogP contribution in [-0.4, -0.2) is 72.0 Å². The molecule has 2 amide bonds. The van der Waals surface area contributed by atoms with E-state index in [1.807, 2.05) is 32.0 Å². The first kappa shape index (κ1) is 23.5. The molecule has 0 spiro atoms. The zero-order chi connectivity index (χ0) is 24.1. The number of benzene rings is 1. The minimum absolute atomic E-state index is 0.0885. The molecule has 1 saturated heterocycles. The Morgan fingerprint density at radius 3 is 2.35 bits per heavy atom. The van der Waals surface area contributed by atoms with Gasteiger partial charge in [0.15, 0.2) is 0 Å². The van der Waals surface area contributed by atoms with Crippen molar-refractivity contribution >= 4 is 23.1 Å². The number of piperazine rings is 1. The van der Waals surface area contributed by atoms with Gasteiger partial charge in [-0.2, -0.15) is 0 Å². The summed E-state index contributed by atoms with van der Waals surface area (Å²) in [4.78, 5) is 35.4. The predicted molar refractivity (Wildman–Crippen MR) is 132 cm³/mol. The Morgan fingerprint density at radius 2 is 1.65 bits per heavy atom. The van der Waals surface area contributed by atoms with Gasteiger partial charge in [0.05, 0.1) is 36.1 Å². The van der Waals surface area contributed by atoms with Crippen LogP contribution in [0.25, 0.3) is 5.57 Å². The molecule has 0 aliphatic carbocycles. The Labute approximate surface area is 201 Å². The summed E-state index contributed by atoms with van der Waals surface area (Å²) >= 11 is 0. The fourth-order valence-corrected chi connectivity index (χ4v) is 4.17. The number of pyridine rings is 1. The third-order valence-electron chi connectivity index (χ3n) is 5.93. The molecule has 7 heteroatoms. The van der Waals surface area contributed by atoms with E-state index in [4.69, 9.17) is 4.74 Å². The van der Waals surface area contributed by atoms with Gasteiger partial charge >= 0.3 is 0 Å². The van der Waals surface area contributed by atoms with Gasteiger partial charge in [0.1, 0.15) is 5.75 Å². The molecular weight excluding hydrogens is 428 g/mol. The highest BCUT2D eigenvalue weighted by atomic mass is 16.5. The standard InChI is InChI=1S/C27H30N4O3/c1-20(2)34-24-12-5-4-11-23(24)30-18-16-29(17-19-30)14-8-9-15-31-26(32)21(3)25(27(31)33)22-10-6-7-13-28-22/h4-7,10-13,20H,14-19H2,1-3H3. The summed E-state index contributed by atoms with van der Waals surface area (Å²) in [5.41, 5.74) is 2.43. The lowest BCUT2D eigenvalue weighted by molar-refractivity contribution is -0.136. The smallest absolute Gasteiger partial charge is 0.264 e. The molecule has 2 aromatic rings. The Hall–Kier alpha value is -3.63. The number of carbonyl (C=O) groups excluding carboxylic acids is 2. The monoisotopic (exact) mass is 458 g/mol. The zero-order valence-corrected chi connectivity index (χ0v) is 20.0. The van der Waals surface area contributed by atoms with E-state index in [1.54, 1.807) is 31.3 Å². The minimum atomic E-state index is -0.327. The second-order valence-corrected chi connectivity index (χ2v) is 8.66. The first-order valence-corrected chi connectivity index (χ1v) is 11.6. The van der Waals surface area contributed by atoms with E-state index >= 15 is 0 Å². The normalized spacial score (nSPS) is 16.8. The number of carbonyl (C=O) groups is 2. The van der Waals surface area contributed by atoms with Crippen LogP contribution in [0.3, 0.4) is 0 Å². The van der Waals surface area contributed by atoms with Gasteiger partial charge in [-0.1, -0.05) is 30.0 Å². The molecule has 0 bridgehead atoms. The molecule has 1 aromatic heterocycles. The van der Waals surface area contributed by atoms with E-state index in [1.165, 1.54) is 4.90 Å². The van der Waals surface area contributed by atoms with Crippen molar-refractivity contribution in [2.75, 3.05) is 44.2 Å². The van der Waals surface area contributed by atoms with Crippen LogP contribution in [0.1, 0.15) is 26.5 Å². The summed E-state index contributed by atoms with van der Waals surface area (Å²) in [6.07, 6.45) is 1.75. The number of imide groups is 1. The highest BCUT2D eigenvalue weighted by Crippen LogP contribution is 2.30. The molecule has 7 nitrogen and oxygen atoms in total. The van der Waals surface area contributed by atoms with Gasteiger partial charge in [-0.25, -0.2) is 0 Å². The lowest BCUT2D eigenvalue weighted by atomic mass is 10.1. The average Bonchev–Trinajstić information content (AvgIpc) is 3.05. The number of rotatable bonds is 6. The van der Waals surface area contributed by atoms with Crippen molar-refractivity contribution < 1.29 is 14.3 Å². The number of aromatic nitrogens is 1. The van der Waals surface area contributed by atoms with Crippen molar-refractivity contribution in [3.63, 3.8) is 0 Å². The molecule has 3 heterocycles. The van der Waals surface area contributed by atoms with Crippen LogP contribution in [0.4, 0.5) is 5.69 Å². The number of amides is 2. The summed E-state index contributed by atoms with van der Waals surface area (Å²) in [5.74, 6) is 6.44. The zero-order valence-electron chi connectivity index (χ0n) is 20.0. The molecule has 0 saturated carbocycles. The Kier molecular flexibility index (Phi) is 7.29. The maximum atomic E-state index is 12.8. The SMILES string of the molecule is CC1=C(c2ccccn2)C(=O)N(CC#CCN2CCN(c3ccccc3OC(C)C)CC2)C1=O. The minimum Gasteiger partial charge on any atom is -0.489 e. The summed E-state index contributed by atoms with van der Waals surface area (Å²) in [5, 5.41) is 0. The second-order valence-electron chi connectivity index (χ2n) is 8.66. The Balaban J connectivity index is 1.29. The second kappa shape index (κ2) is 10.5. The van der Waals surface area contributed by atoms with Crippen molar-refractivity contribution in [1.29, 1.82) is 0 Å². The highest BCUT2D eigenvalue weighted by molar-refractivity contribution is 6.35. The van der Waals surface area contributed by atoms with Crippen LogP contribution in [0.2, 0.25) is 0 Å². The van der Waals surface area contributed by atoms with Gasteiger partial charge in [-0.15, -0.1) is 0 Å². The fraction of sp³-hybridized carbons (Fsp3) is 0.370. The number of para-hydroxylation sites is 2. The van der Waals surface area contributed by atoms with Crippen LogP contribution in [0.15, 0.2) is 54.2 Å². The number of hydrogen-bond acceptors (Lipinski definition) is 6. The number of ether oxygens (including phenoxy) is 1. The summed E-state index contributed by atoms with van der Waals surface area (Å²) in [6, 6.07) is 13.5. The molecule has 2 aliphatic rings. The van der Waals surface area contributed by atoms with Crippen LogP contribution < -0.4 is 9.64 Å². The van der Waals surface area contributed by atoms with Crippen LogP contribution >= 0.6 is 0 Å². The molecule has 176 valence electrons. The lowest BCUT2D eigenvalue weighted by Gasteiger charge is -2.36. The summed E-state index contributed by atoms with van der Waals surface area (Å²) < 4.78 is 5.97. The third-order valence-corrected chi connectivity index (χ3v) is 5.93. The van der Waals surface area contributed by atoms with E-state index in [2.05, 4.69) is 32.7 Å². The van der Waals surface area contributed by atoms with Gasteiger partial charge in [0.25, 0.3) is 11.8 Å². The largest absolute Gasteiger partial charge is 0.489 e. The molecule has 1 fully saturated rings. The lowest BCUT2D eigenvalue weighted by Crippen LogP contribution is -2.46. The molecule has 4 rings (SSSR count). The highest BCUT2D eigenvalue weighted by Gasteiger charge is 2.36. The van der Waals surface area contributed by atoms with E-state index in [9.17, 15) is 9.59 Å². The van der Waals surface area contributed by atoms with Crippen molar-refractivity contribution in [2.45, 2.75) is 26.9 Å². The van der Waals surface area contributed by atoms with Crippen LogP contribution in [0.5, 0.6) is 5.75 Å². The number of anilines is 1. The van der Waals surface area contributed by atoms with Crippen molar-refractivity contribution in [2.24, 2.45) is 0 Å². The van der Waals surface area contributed by atoms with E-state index in [0.717, 1.165) is 37.6 Å². The van der Waals surface area contributed by atoms with E-state index in [-0.39, 0.29) is 24.5 Å². The Morgan fingerprint density at radius 1 is 0.941 bits per heavy atom. The van der Waals surface area contributed by atoms with Crippen molar-refractivity contribution in [3.05, 3.63) is 59.9 Å². The first-order valence-electron chi connectivity index (χ1n) is 11.6. The predicted octanol–water partition coefficient (Wildman–Crippen LogP) is 2.84. The molecular formula is C27H30N4O3. The summed E-state index contributed by atoms with van der Waals surface area (Å²) in [6.45, 7) is 9.98. The van der Waals surface area contributed by atoms with Gasteiger partial charge < -0.3 is 9.64 Å². The fourth-order valence-electron chi connectivity index (χ4n) is 4.17. The molecule has 0 radical (unpaired) electrons. The maximum absolute atomic E-state index is 12.8. The summed E-state index contributed by atoms with van der Waals surface area (Å²) in [7, 11) is 0. The molecule has 0 atom stereocenters. The van der Waals surface area contributed by atoms with E-state index < -0.39 is 0 Å². The molecule has 2 aliphatic heterocycles. The van der Waals surface area contributed by atoms with Crippen LogP contribution in [0, 0.1) is 11.8 Å². The number of nitrogens with zero attached hydrogens (tertiary/aromatic N) is 4. The molecule has 0 unspecified atom stereocenters. The maximum Gasteiger partial charge on any atom is 0.264 e. The quantitative estimate of drug-likeness (QED) is 0.490. The topological polar surface area (TPSA) is 66.0 Å². The molecule has 0 N–H and O–H groups in total. The first-order chi connectivity index (χ1) is 16.5. The van der Waals surface area contributed by atoms with E-state index in [0.29, 0.717) is 23.4 Å². The Bertz CT molecular complexity index is 1140. The molecule has 1 aromatic carbocycles. The average molecular weight is 459 g/mol. The van der Waals surface area contributed by atoms with Crippen LogP contribution in [-0.2, 0) is 9.59 Å². The van der Waals surface area contributed by atoms with Gasteiger partial charge in [0.2, 0.25) is 0 Å². The van der Waals surface area contributed by atoms with Gasteiger partial charge in [-0.05, 0) is 45.0 Å². The van der Waals surface area contributed by atoms with Crippen molar-refractivity contribution in [3.8, 4) is 17.6 Å². The number of hydrogen-bond donors (Lipinski definition) is 0. The van der Waals surface area contributed by atoms with Gasteiger partial charge in [-0.3, -0.25) is 24.4 Å². The van der Waals surface area contributed by atoms with Crippen molar-refractivity contribution in [1.82, 2.24) is 14.8 Å². The molecule has 34 heavy (non-hydrogen) atoms. The van der Waals surface area contributed by atoms with Gasteiger partial charge in [0, 0.05) is 37.9 Å². The third kappa shape index (κ3) is 5.13.